The second-order valence-electron chi connectivity index (χ2n) is 10.5. The molecule has 6 nitrogen and oxygen atoms in total. The van der Waals surface area contributed by atoms with Crippen molar-refractivity contribution in [2.45, 2.75) is 83.6 Å². The number of alkyl halides is 1. The van der Waals surface area contributed by atoms with Gasteiger partial charge in [0.25, 0.3) is 0 Å². The number of carbonyl (C=O) groups excluding carboxylic acids is 2. The Balaban J connectivity index is 1.60. The van der Waals surface area contributed by atoms with Crippen LogP contribution < -0.4 is 14.2 Å². The first-order valence-corrected chi connectivity index (χ1v) is 12.9. The maximum absolute atomic E-state index is 11.7. The van der Waals surface area contributed by atoms with E-state index in [1.165, 1.54) is 6.92 Å². The Bertz CT molecular complexity index is 1070. The van der Waals surface area contributed by atoms with Crippen LogP contribution in [0.25, 0.3) is 0 Å². The predicted octanol–water partition coefficient (Wildman–Crippen LogP) is 6.18. The van der Waals surface area contributed by atoms with E-state index in [1.54, 1.807) is 6.92 Å². The third-order valence-electron chi connectivity index (χ3n) is 6.28. The second-order valence-corrected chi connectivity index (χ2v) is 11.0. The maximum Gasteiger partial charge on any atom is 0.324 e. The van der Waals surface area contributed by atoms with Crippen LogP contribution in [0.3, 0.4) is 0 Å². The Kier molecular flexibility index (Phi) is 8.93. The molecule has 0 aromatic heterocycles. The lowest BCUT2D eigenvalue weighted by molar-refractivity contribution is -0.142. The Hall–Kier alpha value is -2.73. The fourth-order valence-electron chi connectivity index (χ4n) is 4.24. The molecule has 1 aliphatic heterocycles. The number of carbonyl (C=O) groups is 2. The summed E-state index contributed by atoms with van der Waals surface area (Å²) in [7, 11) is 0. The molecule has 2 atom stereocenters. The molecule has 2 aromatic carbocycles. The Morgan fingerprint density at radius 1 is 1.17 bits per heavy atom. The van der Waals surface area contributed by atoms with E-state index in [0.29, 0.717) is 25.4 Å². The zero-order chi connectivity index (χ0) is 26.5. The van der Waals surface area contributed by atoms with Gasteiger partial charge in [-0.05, 0) is 73.9 Å². The smallest absolute Gasteiger partial charge is 0.324 e. The van der Waals surface area contributed by atoms with Gasteiger partial charge >= 0.3 is 11.9 Å². The first-order chi connectivity index (χ1) is 16.9. The van der Waals surface area contributed by atoms with Crippen LogP contribution in [-0.2, 0) is 32.6 Å². The van der Waals surface area contributed by atoms with E-state index < -0.39 is 11.3 Å². The number of aryl methyl sites for hydroxylation is 1. The van der Waals surface area contributed by atoms with Gasteiger partial charge in [-0.25, -0.2) is 0 Å². The number of hydrogen-bond acceptors (Lipinski definition) is 6. The van der Waals surface area contributed by atoms with Crippen molar-refractivity contribution >= 4 is 23.5 Å². The molecule has 0 aliphatic carbocycles. The van der Waals surface area contributed by atoms with Crippen molar-refractivity contribution in [2.75, 3.05) is 13.2 Å². The van der Waals surface area contributed by atoms with Gasteiger partial charge < -0.3 is 18.9 Å². The molecule has 196 valence electrons. The highest BCUT2D eigenvalue weighted by Gasteiger charge is 2.34. The van der Waals surface area contributed by atoms with Gasteiger partial charge in [0.15, 0.2) is 0 Å². The first kappa shape index (κ1) is 27.9. The summed E-state index contributed by atoms with van der Waals surface area (Å²) in [6.07, 6.45) is 2.79. The first-order valence-electron chi connectivity index (χ1n) is 12.5. The van der Waals surface area contributed by atoms with E-state index in [1.807, 2.05) is 36.4 Å². The van der Waals surface area contributed by atoms with Crippen LogP contribution >= 0.6 is 11.6 Å². The number of benzene rings is 2. The van der Waals surface area contributed by atoms with Crippen molar-refractivity contribution in [3.63, 3.8) is 0 Å². The molecule has 0 bridgehead atoms. The molecule has 1 aliphatic rings. The lowest BCUT2D eigenvalue weighted by Gasteiger charge is -2.37. The molecule has 2 unspecified atom stereocenters. The number of fused-ring (bicyclic) bond motifs is 1. The zero-order valence-corrected chi connectivity index (χ0v) is 22.9. The van der Waals surface area contributed by atoms with Crippen LogP contribution in [-0.4, -0.2) is 36.1 Å². The standard InChI is InChI=1S/C29H37ClO6/c1-7-33-27(32)24(30)16-20-8-10-22(11-9-20)34-15-14-29(6)13-12-21-17-26(35-19(2)31)23(28(3,4)5)18-25(21)36-29/h8-11,17-18,24H,7,12-16H2,1-6H3. The van der Waals surface area contributed by atoms with Gasteiger partial charge in [-0.15, -0.1) is 11.6 Å². The van der Waals surface area contributed by atoms with Gasteiger partial charge in [0, 0.05) is 18.9 Å². The summed E-state index contributed by atoms with van der Waals surface area (Å²) < 4.78 is 22.9. The highest BCUT2D eigenvalue weighted by molar-refractivity contribution is 6.30. The molecule has 7 heteroatoms. The average molecular weight is 517 g/mol. The minimum absolute atomic E-state index is 0.202. The van der Waals surface area contributed by atoms with E-state index in [2.05, 4.69) is 27.7 Å². The number of hydrogen-bond donors (Lipinski definition) is 0. The van der Waals surface area contributed by atoms with Crippen molar-refractivity contribution in [1.82, 2.24) is 0 Å². The van der Waals surface area contributed by atoms with Crippen molar-refractivity contribution in [1.29, 1.82) is 0 Å². The van der Waals surface area contributed by atoms with Crippen LogP contribution in [0.2, 0.25) is 0 Å². The summed E-state index contributed by atoms with van der Waals surface area (Å²) in [5.74, 6) is 1.47. The van der Waals surface area contributed by atoms with Gasteiger partial charge in [-0.1, -0.05) is 32.9 Å². The predicted molar refractivity (Wildman–Crippen MR) is 140 cm³/mol. The molecule has 0 saturated heterocycles. The van der Waals surface area contributed by atoms with Crippen LogP contribution in [0, 0.1) is 0 Å². The van der Waals surface area contributed by atoms with Crippen LogP contribution in [0.1, 0.15) is 71.1 Å². The molecule has 0 radical (unpaired) electrons. The van der Waals surface area contributed by atoms with Crippen molar-refractivity contribution in [3.8, 4) is 17.2 Å². The lowest BCUT2D eigenvalue weighted by atomic mass is 9.83. The lowest BCUT2D eigenvalue weighted by Crippen LogP contribution is -2.38. The third kappa shape index (κ3) is 7.39. The molecule has 2 aromatic rings. The van der Waals surface area contributed by atoms with E-state index in [0.717, 1.165) is 47.5 Å². The number of esters is 2. The topological polar surface area (TPSA) is 71.1 Å². The number of halogens is 1. The zero-order valence-electron chi connectivity index (χ0n) is 22.1. The quantitative estimate of drug-likeness (QED) is 0.225. The molecule has 0 spiro atoms. The molecule has 3 rings (SSSR count). The van der Waals surface area contributed by atoms with Gasteiger partial charge in [0.1, 0.15) is 28.2 Å². The Labute approximate surface area is 219 Å². The summed E-state index contributed by atoms with van der Waals surface area (Å²) in [5, 5.41) is -0.702. The summed E-state index contributed by atoms with van der Waals surface area (Å²) in [6.45, 7) is 12.4. The maximum atomic E-state index is 11.7. The largest absolute Gasteiger partial charge is 0.493 e. The van der Waals surface area contributed by atoms with Crippen molar-refractivity contribution in [2.24, 2.45) is 0 Å². The van der Waals surface area contributed by atoms with Gasteiger partial charge in [-0.2, -0.15) is 0 Å². The van der Waals surface area contributed by atoms with Crippen LogP contribution in [0.5, 0.6) is 17.2 Å². The van der Waals surface area contributed by atoms with E-state index in [-0.39, 0.29) is 17.0 Å². The molecule has 1 heterocycles. The highest BCUT2D eigenvalue weighted by atomic mass is 35.5. The average Bonchev–Trinajstić information content (AvgIpc) is 2.79. The highest BCUT2D eigenvalue weighted by Crippen LogP contribution is 2.42. The third-order valence-corrected chi connectivity index (χ3v) is 6.62. The molecular weight excluding hydrogens is 480 g/mol. The minimum Gasteiger partial charge on any atom is -0.493 e. The molecule has 36 heavy (non-hydrogen) atoms. The normalized spacial score (nSPS) is 18.0. The Morgan fingerprint density at radius 2 is 1.86 bits per heavy atom. The Morgan fingerprint density at radius 3 is 2.47 bits per heavy atom. The summed E-state index contributed by atoms with van der Waals surface area (Å²) in [4.78, 5) is 23.4. The summed E-state index contributed by atoms with van der Waals surface area (Å²) in [6, 6.07) is 11.6. The van der Waals surface area contributed by atoms with Crippen LogP contribution in [0.4, 0.5) is 0 Å². The van der Waals surface area contributed by atoms with Gasteiger partial charge in [-0.3, -0.25) is 9.59 Å². The van der Waals surface area contributed by atoms with Gasteiger partial charge in [0.2, 0.25) is 0 Å². The monoisotopic (exact) mass is 516 g/mol. The summed E-state index contributed by atoms with van der Waals surface area (Å²) in [5.41, 5.74) is 2.37. The molecule has 0 fully saturated rings. The van der Waals surface area contributed by atoms with Crippen molar-refractivity contribution in [3.05, 3.63) is 53.1 Å². The SMILES string of the molecule is CCOC(=O)C(Cl)Cc1ccc(OCCC2(C)CCc3cc(OC(C)=O)c(C(C)(C)C)cc3O2)cc1. The van der Waals surface area contributed by atoms with Crippen molar-refractivity contribution < 1.29 is 28.5 Å². The fraction of sp³-hybridized carbons (Fsp3) is 0.517. The van der Waals surface area contributed by atoms with Gasteiger partial charge in [0.05, 0.1) is 13.2 Å². The fourth-order valence-corrected chi connectivity index (χ4v) is 4.48. The molecular formula is C29H37ClO6. The number of ether oxygens (including phenoxy) is 4. The molecule has 0 saturated carbocycles. The summed E-state index contributed by atoms with van der Waals surface area (Å²) >= 11 is 6.13. The second kappa shape index (κ2) is 11.5. The van der Waals surface area contributed by atoms with E-state index in [4.69, 9.17) is 30.5 Å². The van der Waals surface area contributed by atoms with E-state index >= 15 is 0 Å². The van der Waals surface area contributed by atoms with E-state index in [9.17, 15) is 9.59 Å². The minimum atomic E-state index is -0.702. The molecule has 0 amide bonds. The number of rotatable bonds is 9. The molecule has 0 N–H and O–H groups in total. The van der Waals surface area contributed by atoms with Crippen LogP contribution in [0.15, 0.2) is 36.4 Å².